The molecule has 3 nitrogen and oxygen atoms in total. The van der Waals surface area contributed by atoms with Crippen molar-refractivity contribution in [2.45, 2.75) is 12.7 Å². The summed E-state index contributed by atoms with van der Waals surface area (Å²) in [6.07, 6.45) is 1.59. The Kier molecular flexibility index (Phi) is 6.58. The van der Waals surface area contributed by atoms with E-state index in [0.29, 0.717) is 12.2 Å². The molecular formula is C30H22N2OS. The first kappa shape index (κ1) is 21.8. The molecule has 0 radical (unpaired) electrons. The summed E-state index contributed by atoms with van der Waals surface area (Å²) in [6.45, 7) is 0.488. The van der Waals surface area contributed by atoms with Crippen LogP contribution in [0.2, 0.25) is 0 Å². The van der Waals surface area contributed by atoms with Gasteiger partial charge in [-0.25, -0.2) is 0 Å². The minimum Gasteiger partial charge on any atom is -0.363 e. The second kappa shape index (κ2) is 10.3. The van der Waals surface area contributed by atoms with Gasteiger partial charge in [-0.15, -0.1) is 11.3 Å². The van der Waals surface area contributed by atoms with Crippen LogP contribution < -0.4 is 0 Å². The Balaban J connectivity index is 1.53. The maximum Gasteiger partial charge on any atom is 0.119 e. The molecule has 0 aliphatic rings. The first-order valence-electron chi connectivity index (χ1n) is 11.1. The number of hydrogen-bond acceptors (Lipinski definition) is 4. The first-order chi connectivity index (χ1) is 16.8. The third-order valence-corrected chi connectivity index (χ3v) is 6.54. The smallest absolute Gasteiger partial charge is 0.119 e. The number of rotatable bonds is 7. The minimum absolute atomic E-state index is 0.267. The average molecular weight is 459 g/mol. The molecule has 0 amide bonds. The Labute approximate surface area is 203 Å². The number of thiazole rings is 1. The fourth-order valence-corrected chi connectivity index (χ4v) is 4.70. The lowest BCUT2D eigenvalue weighted by Crippen LogP contribution is -2.06. The Bertz CT molecular complexity index is 1410. The Morgan fingerprint density at radius 2 is 1.53 bits per heavy atom. The van der Waals surface area contributed by atoms with Gasteiger partial charge in [0.25, 0.3) is 0 Å². The maximum absolute atomic E-state index is 9.84. The van der Waals surface area contributed by atoms with Crippen LogP contribution in [0.25, 0.3) is 22.3 Å². The highest BCUT2D eigenvalue weighted by Crippen LogP contribution is 2.35. The summed E-state index contributed by atoms with van der Waals surface area (Å²) < 4.78 is 6.40. The van der Waals surface area contributed by atoms with Crippen LogP contribution in [0.4, 0.5) is 0 Å². The van der Waals surface area contributed by atoms with Gasteiger partial charge < -0.3 is 4.74 Å². The Morgan fingerprint density at radius 3 is 2.26 bits per heavy atom. The van der Waals surface area contributed by atoms with Crippen LogP contribution in [0.1, 0.15) is 27.7 Å². The molecule has 0 N–H and O–H groups in total. The fraction of sp³-hybridized carbons (Fsp3) is 0.0667. The van der Waals surface area contributed by atoms with Crippen molar-refractivity contribution >= 4 is 11.3 Å². The summed E-state index contributed by atoms with van der Waals surface area (Å²) in [5, 5.41) is 9.84. The number of benzene rings is 4. The van der Waals surface area contributed by atoms with Gasteiger partial charge in [-0.05, 0) is 51.6 Å². The van der Waals surface area contributed by atoms with Crippen LogP contribution in [0, 0.1) is 11.3 Å². The van der Waals surface area contributed by atoms with Gasteiger partial charge in [0, 0.05) is 6.20 Å². The normalized spacial score (nSPS) is 11.6. The van der Waals surface area contributed by atoms with Gasteiger partial charge in [-0.2, -0.15) is 5.26 Å². The SMILES string of the molecule is N#Cc1ccc(C(OCc2ccccc2)c2cncs2)cc1-c1cccc(-c2ccccc2)c1. The van der Waals surface area contributed by atoms with E-state index in [0.717, 1.165) is 38.3 Å². The average Bonchev–Trinajstić information content (AvgIpc) is 3.45. The van der Waals surface area contributed by atoms with Crippen molar-refractivity contribution in [3.63, 3.8) is 0 Å². The summed E-state index contributed by atoms with van der Waals surface area (Å²) in [6, 6.07) is 37.1. The molecule has 1 atom stereocenters. The van der Waals surface area contributed by atoms with Gasteiger partial charge in [-0.1, -0.05) is 84.9 Å². The third-order valence-electron chi connectivity index (χ3n) is 5.72. The van der Waals surface area contributed by atoms with Crippen LogP contribution in [0.3, 0.4) is 0 Å². The zero-order valence-corrected chi connectivity index (χ0v) is 19.3. The Morgan fingerprint density at radius 1 is 0.794 bits per heavy atom. The molecule has 164 valence electrons. The van der Waals surface area contributed by atoms with Crippen LogP contribution in [0.15, 0.2) is 115 Å². The molecule has 0 aliphatic heterocycles. The van der Waals surface area contributed by atoms with E-state index in [1.54, 1.807) is 11.3 Å². The zero-order chi connectivity index (χ0) is 23.2. The largest absolute Gasteiger partial charge is 0.363 e. The van der Waals surface area contributed by atoms with Crippen molar-refractivity contribution in [3.8, 4) is 28.3 Å². The first-order valence-corrected chi connectivity index (χ1v) is 11.9. The van der Waals surface area contributed by atoms with Crippen LogP contribution in [0.5, 0.6) is 0 Å². The number of hydrogen-bond donors (Lipinski definition) is 0. The van der Waals surface area contributed by atoms with Crippen molar-refractivity contribution in [2.75, 3.05) is 0 Å². The van der Waals surface area contributed by atoms with Gasteiger partial charge in [0.05, 0.1) is 28.6 Å². The molecule has 0 saturated heterocycles. The molecule has 4 aromatic carbocycles. The molecule has 34 heavy (non-hydrogen) atoms. The predicted octanol–water partition coefficient (Wildman–Crippen LogP) is 7.65. The molecule has 0 spiro atoms. The summed E-state index contributed by atoms with van der Waals surface area (Å²) in [5.41, 5.74) is 8.74. The summed E-state index contributed by atoms with van der Waals surface area (Å²) in [5.74, 6) is 0. The third kappa shape index (κ3) is 4.82. The van der Waals surface area contributed by atoms with Gasteiger partial charge in [0.2, 0.25) is 0 Å². The fourth-order valence-electron chi connectivity index (χ4n) is 4.01. The van der Waals surface area contributed by atoms with E-state index in [4.69, 9.17) is 4.74 Å². The highest BCUT2D eigenvalue weighted by molar-refractivity contribution is 7.09. The van der Waals surface area contributed by atoms with Crippen molar-refractivity contribution in [2.24, 2.45) is 0 Å². The molecule has 0 bridgehead atoms. The monoisotopic (exact) mass is 458 g/mol. The molecule has 0 saturated carbocycles. The van der Waals surface area contributed by atoms with E-state index >= 15 is 0 Å². The number of ether oxygens (including phenoxy) is 1. The highest BCUT2D eigenvalue weighted by Gasteiger charge is 2.19. The van der Waals surface area contributed by atoms with E-state index in [9.17, 15) is 5.26 Å². The maximum atomic E-state index is 9.84. The van der Waals surface area contributed by atoms with Crippen molar-refractivity contribution < 1.29 is 4.74 Å². The van der Waals surface area contributed by atoms with Gasteiger partial charge >= 0.3 is 0 Å². The van der Waals surface area contributed by atoms with Crippen molar-refractivity contribution in [1.29, 1.82) is 5.26 Å². The van der Waals surface area contributed by atoms with Crippen molar-refractivity contribution in [1.82, 2.24) is 4.98 Å². The molecule has 1 unspecified atom stereocenters. The van der Waals surface area contributed by atoms with Crippen molar-refractivity contribution in [3.05, 3.63) is 136 Å². The molecule has 1 heterocycles. The molecule has 5 rings (SSSR count). The lowest BCUT2D eigenvalue weighted by atomic mass is 9.93. The van der Waals surface area contributed by atoms with E-state index < -0.39 is 0 Å². The summed E-state index contributed by atoms with van der Waals surface area (Å²) in [7, 11) is 0. The van der Waals surface area contributed by atoms with Crippen LogP contribution in [-0.2, 0) is 11.3 Å². The molecule has 0 aliphatic carbocycles. The number of nitriles is 1. The minimum atomic E-state index is -0.267. The molecule has 0 fully saturated rings. The lowest BCUT2D eigenvalue weighted by Gasteiger charge is -2.19. The van der Waals surface area contributed by atoms with E-state index in [-0.39, 0.29) is 6.10 Å². The zero-order valence-electron chi connectivity index (χ0n) is 18.5. The van der Waals surface area contributed by atoms with Crippen LogP contribution >= 0.6 is 11.3 Å². The van der Waals surface area contributed by atoms with E-state index in [2.05, 4.69) is 59.6 Å². The topological polar surface area (TPSA) is 45.9 Å². The second-order valence-electron chi connectivity index (χ2n) is 7.94. The van der Waals surface area contributed by atoms with E-state index in [1.165, 1.54) is 0 Å². The molecule has 4 heteroatoms. The predicted molar refractivity (Wildman–Crippen MR) is 137 cm³/mol. The number of aromatic nitrogens is 1. The standard InChI is InChI=1S/C30H22N2OS/c31-18-27-15-14-26(30(29-19-32-21-34-29)33-20-22-8-3-1-4-9-22)17-28(27)25-13-7-12-24(16-25)23-10-5-2-6-11-23/h1-17,19,21,30H,20H2. The van der Waals surface area contributed by atoms with Gasteiger partial charge in [0.15, 0.2) is 0 Å². The summed E-state index contributed by atoms with van der Waals surface area (Å²) >= 11 is 1.57. The van der Waals surface area contributed by atoms with E-state index in [1.807, 2.05) is 66.3 Å². The molecule has 5 aromatic rings. The molecular weight excluding hydrogens is 436 g/mol. The second-order valence-corrected chi connectivity index (χ2v) is 8.86. The number of nitrogens with zero attached hydrogens (tertiary/aromatic N) is 2. The van der Waals surface area contributed by atoms with Gasteiger partial charge in [-0.3, -0.25) is 4.98 Å². The molecule has 1 aromatic heterocycles. The summed E-state index contributed by atoms with van der Waals surface area (Å²) in [4.78, 5) is 5.30. The van der Waals surface area contributed by atoms with Gasteiger partial charge in [0.1, 0.15) is 6.10 Å². The lowest BCUT2D eigenvalue weighted by molar-refractivity contribution is 0.0689. The van der Waals surface area contributed by atoms with Crippen LogP contribution in [-0.4, -0.2) is 4.98 Å². The highest BCUT2D eigenvalue weighted by atomic mass is 32.1. The Hall–Kier alpha value is -4.04. The quantitative estimate of drug-likeness (QED) is 0.251.